The largest absolute Gasteiger partial charge is 0.454 e. The van der Waals surface area contributed by atoms with E-state index in [1.165, 1.54) is 0 Å². The number of rotatable bonds is 4. The molecule has 6 nitrogen and oxygen atoms in total. The lowest BCUT2D eigenvalue weighted by molar-refractivity contribution is 0.173. The van der Waals surface area contributed by atoms with Crippen LogP contribution in [0.2, 0.25) is 0 Å². The number of aryl methyl sites for hydroxylation is 2. The van der Waals surface area contributed by atoms with Crippen molar-refractivity contribution in [2.24, 2.45) is 0 Å². The first-order chi connectivity index (χ1) is 10.8. The number of ether oxygens (including phenoxy) is 2. The Kier molecular flexibility index (Phi) is 3.46. The summed E-state index contributed by atoms with van der Waals surface area (Å²) >= 11 is 0. The molecule has 116 valence electrons. The Balaban J connectivity index is 1.42. The van der Waals surface area contributed by atoms with Gasteiger partial charge in [0, 0.05) is 31.0 Å². The van der Waals surface area contributed by atoms with Gasteiger partial charge in [0.05, 0.1) is 6.54 Å². The van der Waals surface area contributed by atoms with E-state index in [-0.39, 0.29) is 0 Å². The lowest BCUT2D eigenvalue weighted by atomic mass is 10.1. The summed E-state index contributed by atoms with van der Waals surface area (Å²) in [7, 11) is 0. The second-order valence-corrected chi connectivity index (χ2v) is 5.75. The molecule has 3 heterocycles. The first-order valence-electron chi connectivity index (χ1n) is 7.87. The van der Waals surface area contributed by atoms with Crippen molar-refractivity contribution in [3.05, 3.63) is 35.4 Å². The summed E-state index contributed by atoms with van der Waals surface area (Å²) in [4.78, 5) is 4.56. The molecule has 2 aliphatic heterocycles. The van der Waals surface area contributed by atoms with Crippen LogP contribution in [0, 0.1) is 0 Å². The van der Waals surface area contributed by atoms with E-state index in [1.54, 1.807) is 0 Å². The van der Waals surface area contributed by atoms with Crippen LogP contribution in [0.25, 0.3) is 0 Å². The number of hydrogen-bond acceptors (Lipinski definition) is 5. The summed E-state index contributed by atoms with van der Waals surface area (Å²) in [5.74, 6) is 3.78. The molecule has 0 spiro atoms. The Bertz CT molecular complexity index is 683. The smallest absolute Gasteiger partial charge is 0.231 e. The Morgan fingerprint density at radius 1 is 1.36 bits per heavy atom. The first kappa shape index (κ1) is 13.6. The number of benzene rings is 1. The van der Waals surface area contributed by atoms with Crippen LogP contribution < -0.4 is 14.8 Å². The van der Waals surface area contributed by atoms with Crippen LogP contribution in [0.3, 0.4) is 0 Å². The van der Waals surface area contributed by atoms with Crippen molar-refractivity contribution >= 4 is 0 Å². The molecule has 0 saturated carbocycles. The molecule has 22 heavy (non-hydrogen) atoms. The molecule has 0 aliphatic carbocycles. The van der Waals surface area contributed by atoms with E-state index in [9.17, 15) is 0 Å². The van der Waals surface area contributed by atoms with Crippen molar-refractivity contribution in [1.29, 1.82) is 0 Å². The minimum Gasteiger partial charge on any atom is -0.454 e. The second-order valence-electron chi connectivity index (χ2n) is 5.75. The van der Waals surface area contributed by atoms with Crippen LogP contribution >= 0.6 is 0 Å². The van der Waals surface area contributed by atoms with Gasteiger partial charge in [-0.3, -0.25) is 0 Å². The van der Waals surface area contributed by atoms with E-state index in [0.717, 1.165) is 61.1 Å². The fraction of sp³-hybridized carbons (Fsp3) is 0.500. The first-order valence-corrected chi connectivity index (χ1v) is 7.87. The number of aromatic nitrogens is 3. The summed E-state index contributed by atoms with van der Waals surface area (Å²) in [5, 5.41) is 8.16. The van der Waals surface area contributed by atoms with Crippen molar-refractivity contribution < 1.29 is 9.47 Å². The van der Waals surface area contributed by atoms with Crippen molar-refractivity contribution in [2.75, 3.05) is 6.79 Å². The van der Waals surface area contributed by atoms with E-state index < -0.39 is 0 Å². The maximum Gasteiger partial charge on any atom is 0.231 e. The number of nitrogens with one attached hydrogen (secondary N) is 1. The number of fused-ring (bicyclic) bond motifs is 2. The molecule has 0 fully saturated rings. The van der Waals surface area contributed by atoms with Gasteiger partial charge in [-0.25, -0.2) is 9.67 Å². The van der Waals surface area contributed by atoms with Crippen LogP contribution in [-0.2, 0) is 25.9 Å². The predicted octanol–water partition coefficient (Wildman–Crippen LogP) is 1.67. The zero-order valence-electron chi connectivity index (χ0n) is 12.7. The summed E-state index contributed by atoms with van der Waals surface area (Å²) in [5.41, 5.74) is 1.15. The van der Waals surface area contributed by atoms with Gasteiger partial charge in [0.2, 0.25) is 6.79 Å². The minimum atomic E-state index is 0.317. The van der Waals surface area contributed by atoms with Crippen LogP contribution in [-0.4, -0.2) is 27.6 Å². The third-order valence-corrected chi connectivity index (χ3v) is 4.28. The van der Waals surface area contributed by atoms with E-state index in [2.05, 4.69) is 33.1 Å². The second kappa shape index (κ2) is 5.61. The Morgan fingerprint density at radius 3 is 3.23 bits per heavy atom. The zero-order valence-corrected chi connectivity index (χ0v) is 12.7. The molecule has 1 aromatic carbocycles. The number of nitrogens with zero attached hydrogens (tertiary/aromatic N) is 3. The number of para-hydroxylation sites is 1. The molecular formula is C16H20N4O2. The van der Waals surface area contributed by atoms with Crippen molar-refractivity contribution in [3.63, 3.8) is 0 Å². The highest BCUT2D eigenvalue weighted by atomic mass is 16.7. The lowest BCUT2D eigenvalue weighted by Crippen LogP contribution is -2.37. The Labute approximate surface area is 129 Å². The highest BCUT2D eigenvalue weighted by Gasteiger charge is 2.22. The van der Waals surface area contributed by atoms with Crippen molar-refractivity contribution in [2.45, 2.75) is 45.3 Å². The summed E-state index contributed by atoms with van der Waals surface area (Å²) < 4.78 is 13.0. The van der Waals surface area contributed by atoms with Gasteiger partial charge < -0.3 is 14.8 Å². The van der Waals surface area contributed by atoms with Gasteiger partial charge in [0.15, 0.2) is 17.3 Å². The van der Waals surface area contributed by atoms with Gasteiger partial charge in [0.1, 0.15) is 5.82 Å². The summed E-state index contributed by atoms with van der Waals surface area (Å²) in [6.07, 6.45) is 2.97. The molecular weight excluding hydrogens is 280 g/mol. The number of hydrogen-bond donors (Lipinski definition) is 1. The molecule has 4 rings (SSSR count). The van der Waals surface area contributed by atoms with Crippen molar-refractivity contribution in [3.8, 4) is 11.5 Å². The van der Waals surface area contributed by atoms with E-state index in [4.69, 9.17) is 9.47 Å². The van der Waals surface area contributed by atoms with Gasteiger partial charge in [0.25, 0.3) is 0 Å². The molecule has 2 aliphatic rings. The minimum absolute atomic E-state index is 0.317. The molecule has 1 aromatic heterocycles. The zero-order chi connectivity index (χ0) is 14.9. The maximum atomic E-state index is 5.55. The lowest BCUT2D eigenvalue weighted by Gasteiger charge is -2.23. The molecule has 1 atom stereocenters. The molecule has 0 unspecified atom stereocenters. The van der Waals surface area contributed by atoms with E-state index in [1.807, 2.05) is 12.1 Å². The van der Waals surface area contributed by atoms with E-state index in [0.29, 0.717) is 12.8 Å². The summed E-state index contributed by atoms with van der Waals surface area (Å²) in [6, 6.07) is 6.45. The van der Waals surface area contributed by atoms with Gasteiger partial charge in [-0.2, -0.15) is 5.10 Å². The van der Waals surface area contributed by atoms with Crippen molar-refractivity contribution in [1.82, 2.24) is 20.1 Å². The van der Waals surface area contributed by atoms with Crippen LogP contribution in [0.5, 0.6) is 11.5 Å². The fourth-order valence-corrected chi connectivity index (χ4v) is 3.06. The molecule has 0 bridgehead atoms. The molecule has 0 amide bonds. The normalized spacial score (nSPS) is 19.2. The maximum absolute atomic E-state index is 5.55. The quantitative estimate of drug-likeness (QED) is 0.931. The van der Waals surface area contributed by atoms with Gasteiger partial charge in [-0.15, -0.1) is 0 Å². The highest BCUT2D eigenvalue weighted by Crippen LogP contribution is 2.35. The topological polar surface area (TPSA) is 61.2 Å². The van der Waals surface area contributed by atoms with Gasteiger partial charge in [-0.05, 0) is 12.5 Å². The SMILES string of the molecule is CCc1nc2n(n1)C[C@@H](NCc1cccc3c1OCO3)CC2. The van der Waals surface area contributed by atoms with Crippen LogP contribution in [0.4, 0.5) is 0 Å². The highest BCUT2D eigenvalue weighted by molar-refractivity contribution is 5.48. The van der Waals surface area contributed by atoms with Crippen LogP contribution in [0.15, 0.2) is 18.2 Å². The summed E-state index contributed by atoms with van der Waals surface area (Å²) in [6.45, 7) is 4.07. The monoisotopic (exact) mass is 300 g/mol. The standard InChI is InChI=1S/C16H20N4O2/c1-2-14-18-15-7-6-12(9-20(15)19-14)17-8-11-4-3-5-13-16(11)22-10-21-13/h3-5,12,17H,2,6-10H2,1H3/t12-/m0/s1. The molecule has 0 saturated heterocycles. The Morgan fingerprint density at radius 2 is 2.32 bits per heavy atom. The van der Waals surface area contributed by atoms with E-state index >= 15 is 0 Å². The fourth-order valence-electron chi connectivity index (χ4n) is 3.06. The molecule has 1 N–H and O–H groups in total. The van der Waals surface area contributed by atoms with Crippen LogP contribution in [0.1, 0.15) is 30.6 Å². The average Bonchev–Trinajstić information content (AvgIpc) is 3.18. The average molecular weight is 300 g/mol. The third-order valence-electron chi connectivity index (χ3n) is 4.28. The third kappa shape index (κ3) is 2.43. The predicted molar refractivity (Wildman–Crippen MR) is 80.9 cm³/mol. The van der Waals surface area contributed by atoms with Gasteiger partial charge in [-0.1, -0.05) is 19.1 Å². The molecule has 0 radical (unpaired) electrons. The molecule has 2 aromatic rings. The Hall–Kier alpha value is -2.08. The molecule has 6 heteroatoms. The van der Waals surface area contributed by atoms with Gasteiger partial charge >= 0.3 is 0 Å².